The molecule has 0 bridgehead atoms. The molecule has 3 N–H and O–H groups in total. The third kappa shape index (κ3) is 4.20. The molecule has 176 valence electrons. The Kier molecular flexibility index (Phi) is 6.26. The molecule has 0 saturated carbocycles. The number of anilines is 1. The zero-order chi connectivity index (χ0) is 24.6. The van der Waals surface area contributed by atoms with Crippen molar-refractivity contribution < 1.29 is 32.2 Å². The summed E-state index contributed by atoms with van der Waals surface area (Å²) in [5.74, 6) is -6.26. The average molecular weight is 478 g/mol. The Morgan fingerprint density at radius 1 is 0.853 bits per heavy atom. The van der Waals surface area contributed by atoms with Crippen molar-refractivity contribution in [1.29, 1.82) is 0 Å². The van der Waals surface area contributed by atoms with E-state index in [-0.39, 0.29) is 22.6 Å². The van der Waals surface area contributed by atoms with E-state index in [9.17, 15) is 37.0 Å². The van der Waals surface area contributed by atoms with Crippen LogP contribution < -0.4 is 10.9 Å². The number of nitrogens with one attached hydrogen (secondary N) is 1. The lowest BCUT2D eigenvalue weighted by atomic mass is 10.1. The summed E-state index contributed by atoms with van der Waals surface area (Å²) < 4.78 is 71.3. The SMILES string of the molecule is O=c1ccc2c(-c3ccc(F)cc3F)nc(NC(CO)CO)nc2n1-c1c(F)cc(F)cc1F. The van der Waals surface area contributed by atoms with Gasteiger partial charge in [-0.3, -0.25) is 9.36 Å². The van der Waals surface area contributed by atoms with Crippen molar-refractivity contribution in [1.82, 2.24) is 14.5 Å². The van der Waals surface area contributed by atoms with E-state index in [1.807, 2.05) is 0 Å². The topological polar surface area (TPSA) is 100 Å². The van der Waals surface area contributed by atoms with Gasteiger partial charge < -0.3 is 15.5 Å². The van der Waals surface area contributed by atoms with E-state index in [0.717, 1.165) is 18.2 Å². The van der Waals surface area contributed by atoms with E-state index in [1.165, 1.54) is 6.07 Å². The lowest BCUT2D eigenvalue weighted by Crippen LogP contribution is -2.29. The Morgan fingerprint density at radius 2 is 1.50 bits per heavy atom. The third-order valence-corrected chi connectivity index (χ3v) is 4.92. The van der Waals surface area contributed by atoms with Gasteiger partial charge in [0.05, 0.1) is 24.9 Å². The first-order valence-electron chi connectivity index (χ1n) is 9.76. The first-order valence-corrected chi connectivity index (χ1v) is 9.76. The van der Waals surface area contributed by atoms with Crippen LogP contribution in [0.2, 0.25) is 0 Å². The van der Waals surface area contributed by atoms with Gasteiger partial charge in [0.2, 0.25) is 5.95 Å². The maximum Gasteiger partial charge on any atom is 0.256 e. The summed E-state index contributed by atoms with van der Waals surface area (Å²) in [7, 11) is 0. The largest absolute Gasteiger partial charge is 0.394 e. The highest BCUT2D eigenvalue weighted by molar-refractivity contribution is 5.92. The average Bonchev–Trinajstić information content (AvgIpc) is 2.78. The molecule has 0 radical (unpaired) electrons. The molecule has 34 heavy (non-hydrogen) atoms. The van der Waals surface area contributed by atoms with Crippen LogP contribution in [0.4, 0.5) is 27.9 Å². The zero-order valence-corrected chi connectivity index (χ0v) is 17.1. The van der Waals surface area contributed by atoms with Crippen LogP contribution in [0.5, 0.6) is 0 Å². The molecule has 2 aromatic carbocycles. The minimum absolute atomic E-state index is 0.0525. The third-order valence-electron chi connectivity index (χ3n) is 4.92. The van der Waals surface area contributed by atoms with Gasteiger partial charge in [0.1, 0.15) is 23.1 Å². The summed E-state index contributed by atoms with van der Waals surface area (Å²) in [5, 5.41) is 21.2. The fourth-order valence-electron chi connectivity index (χ4n) is 3.36. The number of halogens is 5. The molecule has 0 fully saturated rings. The van der Waals surface area contributed by atoms with Crippen LogP contribution in [0.25, 0.3) is 28.0 Å². The Balaban J connectivity index is 2.11. The number of aliphatic hydroxyl groups excluding tert-OH is 2. The molecule has 0 atom stereocenters. The Hall–Kier alpha value is -3.90. The van der Waals surface area contributed by atoms with Crippen molar-refractivity contribution in [2.75, 3.05) is 18.5 Å². The molecule has 0 aliphatic heterocycles. The van der Waals surface area contributed by atoms with Crippen LogP contribution >= 0.6 is 0 Å². The predicted octanol–water partition coefficient (Wildman–Crippen LogP) is 2.91. The van der Waals surface area contributed by atoms with Crippen molar-refractivity contribution >= 4 is 17.0 Å². The van der Waals surface area contributed by atoms with Gasteiger partial charge in [0, 0.05) is 35.2 Å². The number of pyridine rings is 1. The number of rotatable bonds is 6. The molecule has 0 saturated heterocycles. The lowest BCUT2D eigenvalue weighted by Gasteiger charge is -2.18. The second-order valence-corrected chi connectivity index (χ2v) is 7.19. The monoisotopic (exact) mass is 478 g/mol. The Morgan fingerprint density at radius 3 is 2.12 bits per heavy atom. The van der Waals surface area contributed by atoms with Gasteiger partial charge in [-0.25, -0.2) is 26.9 Å². The van der Waals surface area contributed by atoms with E-state index >= 15 is 0 Å². The first kappa shape index (κ1) is 23.3. The van der Waals surface area contributed by atoms with Gasteiger partial charge in [-0.1, -0.05) is 0 Å². The minimum atomic E-state index is -1.40. The number of hydrogen-bond donors (Lipinski definition) is 3. The number of fused-ring (bicyclic) bond motifs is 1. The van der Waals surface area contributed by atoms with Crippen molar-refractivity contribution in [3.8, 4) is 16.9 Å². The fourth-order valence-corrected chi connectivity index (χ4v) is 3.36. The molecular weight excluding hydrogens is 463 g/mol. The highest BCUT2D eigenvalue weighted by Gasteiger charge is 2.22. The number of aromatic nitrogens is 3. The van der Waals surface area contributed by atoms with E-state index in [4.69, 9.17) is 0 Å². The van der Waals surface area contributed by atoms with Gasteiger partial charge in [0.15, 0.2) is 17.3 Å². The molecule has 2 aromatic heterocycles. The summed E-state index contributed by atoms with van der Waals surface area (Å²) in [5.41, 5.74) is -2.70. The molecule has 0 unspecified atom stereocenters. The van der Waals surface area contributed by atoms with E-state index in [2.05, 4.69) is 15.3 Å². The number of hydrogen-bond acceptors (Lipinski definition) is 6. The van der Waals surface area contributed by atoms with Gasteiger partial charge >= 0.3 is 0 Å². The van der Waals surface area contributed by atoms with Gasteiger partial charge in [-0.2, -0.15) is 4.98 Å². The number of benzene rings is 2. The van der Waals surface area contributed by atoms with E-state index in [0.29, 0.717) is 22.8 Å². The Labute approximate surface area is 187 Å². The summed E-state index contributed by atoms with van der Waals surface area (Å²) in [6, 6.07) is 4.50. The minimum Gasteiger partial charge on any atom is -0.394 e. The lowest BCUT2D eigenvalue weighted by molar-refractivity contribution is 0.203. The zero-order valence-electron chi connectivity index (χ0n) is 17.1. The second kappa shape index (κ2) is 9.15. The van der Waals surface area contributed by atoms with Crippen LogP contribution in [0.1, 0.15) is 0 Å². The van der Waals surface area contributed by atoms with Crippen molar-refractivity contribution in [3.63, 3.8) is 0 Å². The van der Waals surface area contributed by atoms with Crippen LogP contribution in [0, 0.1) is 29.1 Å². The van der Waals surface area contributed by atoms with Crippen LogP contribution in [-0.2, 0) is 0 Å². The molecule has 0 spiro atoms. The summed E-state index contributed by atoms with van der Waals surface area (Å²) in [4.78, 5) is 20.9. The highest BCUT2D eigenvalue weighted by atomic mass is 19.2. The van der Waals surface area contributed by atoms with Crippen molar-refractivity contribution in [2.45, 2.75) is 6.04 Å². The van der Waals surface area contributed by atoms with E-state index < -0.39 is 65.2 Å². The molecule has 0 aliphatic carbocycles. The molecule has 7 nitrogen and oxygen atoms in total. The van der Waals surface area contributed by atoms with Crippen molar-refractivity contribution in [2.24, 2.45) is 0 Å². The van der Waals surface area contributed by atoms with E-state index in [1.54, 1.807) is 0 Å². The van der Waals surface area contributed by atoms with Crippen LogP contribution in [0.15, 0.2) is 47.3 Å². The first-order chi connectivity index (χ1) is 16.2. The highest BCUT2D eigenvalue weighted by Crippen LogP contribution is 2.31. The molecule has 2 heterocycles. The summed E-state index contributed by atoms with van der Waals surface area (Å²) >= 11 is 0. The molecule has 4 aromatic rings. The normalized spacial score (nSPS) is 11.4. The van der Waals surface area contributed by atoms with Crippen LogP contribution in [-0.4, -0.2) is 44.0 Å². The second-order valence-electron chi connectivity index (χ2n) is 7.19. The van der Waals surface area contributed by atoms with Crippen molar-refractivity contribution in [3.05, 3.63) is 81.9 Å². The van der Waals surface area contributed by atoms with Gasteiger partial charge in [-0.05, 0) is 18.2 Å². The smallest absolute Gasteiger partial charge is 0.256 e. The summed E-state index contributed by atoms with van der Waals surface area (Å²) in [6.45, 7) is -1.14. The van der Waals surface area contributed by atoms with Gasteiger partial charge in [0.25, 0.3) is 5.56 Å². The molecule has 0 amide bonds. The number of nitrogens with zero attached hydrogens (tertiary/aromatic N) is 3. The van der Waals surface area contributed by atoms with Gasteiger partial charge in [-0.15, -0.1) is 0 Å². The summed E-state index contributed by atoms with van der Waals surface area (Å²) in [6.07, 6.45) is 0. The molecular formula is C22H15F5N4O3. The van der Waals surface area contributed by atoms with Crippen LogP contribution in [0.3, 0.4) is 0 Å². The maximum atomic E-state index is 14.6. The molecule has 0 aliphatic rings. The molecule has 12 heteroatoms. The standard InChI is InChI=1S/C22H15F5N4O3/c23-10-1-2-13(15(25)5-10)19-14-3-4-18(34)31(20-16(26)6-11(24)7-17(20)27)21(14)30-22(29-19)28-12(8-32)9-33/h1-7,12,32-33H,8-9H2,(H,28,29,30). The quantitative estimate of drug-likeness (QED) is 0.369. The predicted molar refractivity (Wildman–Crippen MR) is 112 cm³/mol. The number of aliphatic hydroxyl groups is 2. The molecule has 4 rings (SSSR count). The fraction of sp³-hybridized carbons (Fsp3) is 0.136. The Bertz CT molecular complexity index is 1430. The maximum absolute atomic E-state index is 14.6.